The maximum absolute atomic E-state index is 11.0. The Kier molecular flexibility index (Phi) is 5.28. The summed E-state index contributed by atoms with van der Waals surface area (Å²) in [6.07, 6.45) is 2.77. The summed E-state index contributed by atoms with van der Waals surface area (Å²) in [5.74, 6) is 0.226. The predicted molar refractivity (Wildman–Crippen MR) is 87.7 cm³/mol. The third-order valence-corrected chi connectivity index (χ3v) is 4.05. The van der Waals surface area contributed by atoms with E-state index in [0.29, 0.717) is 6.54 Å². The van der Waals surface area contributed by atoms with E-state index in [1.807, 2.05) is 24.5 Å². The fourth-order valence-electron chi connectivity index (χ4n) is 2.27. The summed E-state index contributed by atoms with van der Waals surface area (Å²) < 4.78 is 0. The molecular weight excluding hydrogens is 282 g/mol. The van der Waals surface area contributed by atoms with Crippen molar-refractivity contribution >= 4 is 17.7 Å². The lowest BCUT2D eigenvalue weighted by molar-refractivity contribution is -0.118. The van der Waals surface area contributed by atoms with Crippen molar-refractivity contribution in [2.75, 3.05) is 12.8 Å². The molecule has 0 spiro atoms. The zero-order valence-corrected chi connectivity index (χ0v) is 13.0. The molecule has 2 aromatic rings. The largest absolute Gasteiger partial charge is 0.508 e. The number of nitrogens with one attached hydrogen (secondary N) is 1. The molecule has 0 aromatic heterocycles. The molecule has 3 nitrogen and oxygen atoms in total. The quantitative estimate of drug-likeness (QED) is 0.832. The summed E-state index contributed by atoms with van der Waals surface area (Å²) in [5, 5.41) is 12.6. The van der Waals surface area contributed by atoms with Gasteiger partial charge in [0, 0.05) is 18.4 Å². The van der Waals surface area contributed by atoms with Crippen LogP contribution in [0.1, 0.15) is 12.5 Å². The van der Waals surface area contributed by atoms with Crippen molar-refractivity contribution in [2.24, 2.45) is 0 Å². The molecule has 0 heterocycles. The highest BCUT2D eigenvalue weighted by atomic mass is 32.2. The number of hydrogen-bond acceptors (Lipinski definition) is 3. The Bertz CT molecular complexity index is 640. The topological polar surface area (TPSA) is 49.3 Å². The van der Waals surface area contributed by atoms with E-state index >= 15 is 0 Å². The number of phenolic OH excluding ortho intramolecular Hbond substituents is 1. The first kappa shape index (κ1) is 15.4. The van der Waals surface area contributed by atoms with Crippen molar-refractivity contribution in [2.45, 2.75) is 18.2 Å². The van der Waals surface area contributed by atoms with Gasteiger partial charge in [-0.05, 0) is 47.6 Å². The Hall–Kier alpha value is -1.94. The molecule has 2 N–H and O–H groups in total. The van der Waals surface area contributed by atoms with Crippen molar-refractivity contribution < 1.29 is 9.90 Å². The van der Waals surface area contributed by atoms with Gasteiger partial charge in [-0.3, -0.25) is 4.79 Å². The predicted octanol–water partition coefficient (Wildman–Crippen LogP) is 3.46. The van der Waals surface area contributed by atoms with Crippen LogP contribution in [0.3, 0.4) is 0 Å². The van der Waals surface area contributed by atoms with Crippen LogP contribution in [0.4, 0.5) is 0 Å². The summed E-state index contributed by atoms with van der Waals surface area (Å²) in [6, 6.07) is 13.5. The average Bonchev–Trinajstić information content (AvgIpc) is 2.48. The van der Waals surface area contributed by atoms with E-state index < -0.39 is 0 Å². The molecule has 1 amide bonds. The second kappa shape index (κ2) is 7.18. The lowest BCUT2D eigenvalue weighted by Gasteiger charge is -2.13. The van der Waals surface area contributed by atoms with E-state index in [9.17, 15) is 9.90 Å². The second-order valence-corrected chi connectivity index (χ2v) is 5.62. The summed E-state index contributed by atoms with van der Waals surface area (Å²) >= 11 is 1.68. The van der Waals surface area contributed by atoms with Crippen molar-refractivity contribution in [1.82, 2.24) is 5.32 Å². The Morgan fingerprint density at radius 1 is 1.19 bits per heavy atom. The van der Waals surface area contributed by atoms with Gasteiger partial charge < -0.3 is 10.4 Å². The summed E-state index contributed by atoms with van der Waals surface area (Å²) in [6.45, 7) is 2.11. The Balaban J connectivity index is 2.37. The number of carbonyl (C=O) groups is 1. The number of amides is 1. The highest BCUT2D eigenvalue weighted by molar-refractivity contribution is 7.98. The molecule has 0 radical (unpaired) electrons. The SMILES string of the molecule is CSc1ccccc1-c1cc(O)ccc1CCNC(C)=O. The third-order valence-electron chi connectivity index (χ3n) is 3.26. The van der Waals surface area contributed by atoms with Gasteiger partial charge in [0.25, 0.3) is 0 Å². The highest BCUT2D eigenvalue weighted by Gasteiger charge is 2.10. The standard InChI is InChI=1S/C17H19NO2S/c1-12(19)18-10-9-13-7-8-14(20)11-16(13)15-5-3-4-6-17(15)21-2/h3-8,11,20H,9-10H2,1-2H3,(H,18,19). The van der Waals surface area contributed by atoms with Crippen LogP contribution in [0.5, 0.6) is 5.75 Å². The molecule has 2 rings (SSSR count). The number of aromatic hydroxyl groups is 1. The minimum atomic E-state index is -0.0279. The van der Waals surface area contributed by atoms with Gasteiger partial charge in [0.2, 0.25) is 5.91 Å². The minimum Gasteiger partial charge on any atom is -0.508 e. The zero-order valence-electron chi connectivity index (χ0n) is 12.2. The number of carbonyl (C=O) groups excluding carboxylic acids is 1. The van der Waals surface area contributed by atoms with Crippen molar-refractivity contribution in [3.63, 3.8) is 0 Å². The minimum absolute atomic E-state index is 0.0279. The molecule has 0 fully saturated rings. The van der Waals surface area contributed by atoms with Crippen LogP contribution >= 0.6 is 11.8 Å². The number of benzene rings is 2. The van der Waals surface area contributed by atoms with E-state index in [1.165, 1.54) is 11.8 Å². The van der Waals surface area contributed by atoms with Crippen molar-refractivity contribution in [3.8, 4) is 16.9 Å². The van der Waals surface area contributed by atoms with Gasteiger partial charge in [-0.25, -0.2) is 0 Å². The summed E-state index contributed by atoms with van der Waals surface area (Å²) in [7, 11) is 0. The normalized spacial score (nSPS) is 10.4. The molecule has 0 atom stereocenters. The Morgan fingerprint density at radius 2 is 1.95 bits per heavy atom. The second-order valence-electron chi connectivity index (χ2n) is 4.77. The highest BCUT2D eigenvalue weighted by Crippen LogP contribution is 2.34. The van der Waals surface area contributed by atoms with Crippen molar-refractivity contribution in [3.05, 3.63) is 48.0 Å². The average molecular weight is 301 g/mol. The number of phenols is 1. The third kappa shape index (κ3) is 4.02. The van der Waals surface area contributed by atoms with Crippen LogP contribution in [-0.4, -0.2) is 23.8 Å². The van der Waals surface area contributed by atoms with Crippen molar-refractivity contribution in [1.29, 1.82) is 0 Å². The number of thioether (sulfide) groups is 1. The van der Waals surface area contributed by atoms with E-state index in [2.05, 4.69) is 17.4 Å². The first-order chi connectivity index (χ1) is 10.1. The fourth-order valence-corrected chi connectivity index (χ4v) is 2.89. The van der Waals surface area contributed by atoms with Crippen LogP contribution in [0.15, 0.2) is 47.4 Å². The Labute approximate surface area is 129 Å². The monoisotopic (exact) mass is 301 g/mol. The molecule has 0 aliphatic carbocycles. The van der Waals surface area contributed by atoms with Crippen LogP contribution < -0.4 is 5.32 Å². The molecular formula is C17H19NO2S. The molecule has 21 heavy (non-hydrogen) atoms. The van der Waals surface area contributed by atoms with Gasteiger partial charge in [-0.2, -0.15) is 0 Å². The van der Waals surface area contributed by atoms with Gasteiger partial charge in [-0.15, -0.1) is 11.8 Å². The maximum atomic E-state index is 11.0. The van der Waals surface area contributed by atoms with Gasteiger partial charge in [0.05, 0.1) is 0 Å². The first-order valence-electron chi connectivity index (χ1n) is 6.81. The molecule has 0 bridgehead atoms. The van der Waals surface area contributed by atoms with Gasteiger partial charge >= 0.3 is 0 Å². The van der Waals surface area contributed by atoms with Gasteiger partial charge in [0.1, 0.15) is 5.75 Å². The lowest BCUT2D eigenvalue weighted by Crippen LogP contribution is -2.22. The molecule has 110 valence electrons. The van der Waals surface area contributed by atoms with Crippen LogP contribution in [0.2, 0.25) is 0 Å². The smallest absolute Gasteiger partial charge is 0.216 e. The van der Waals surface area contributed by atoms with Crippen LogP contribution in [-0.2, 0) is 11.2 Å². The molecule has 0 aliphatic heterocycles. The maximum Gasteiger partial charge on any atom is 0.216 e. The molecule has 2 aromatic carbocycles. The van der Waals surface area contributed by atoms with E-state index in [4.69, 9.17) is 0 Å². The molecule has 0 aliphatic rings. The fraction of sp³-hybridized carbons (Fsp3) is 0.235. The Morgan fingerprint density at radius 3 is 2.67 bits per heavy atom. The molecule has 0 saturated heterocycles. The summed E-state index contributed by atoms with van der Waals surface area (Å²) in [4.78, 5) is 12.2. The van der Waals surface area contributed by atoms with Crippen LogP contribution in [0, 0.1) is 0 Å². The van der Waals surface area contributed by atoms with E-state index in [-0.39, 0.29) is 11.7 Å². The van der Waals surface area contributed by atoms with Gasteiger partial charge in [-0.1, -0.05) is 24.3 Å². The molecule has 4 heteroatoms. The van der Waals surface area contributed by atoms with Crippen LogP contribution in [0.25, 0.3) is 11.1 Å². The molecule has 0 unspecified atom stereocenters. The van der Waals surface area contributed by atoms with Gasteiger partial charge in [0.15, 0.2) is 0 Å². The lowest BCUT2D eigenvalue weighted by atomic mass is 9.97. The first-order valence-corrected chi connectivity index (χ1v) is 8.04. The van der Waals surface area contributed by atoms with E-state index in [0.717, 1.165) is 23.1 Å². The zero-order chi connectivity index (χ0) is 15.2. The number of hydrogen-bond donors (Lipinski definition) is 2. The number of rotatable bonds is 5. The molecule has 0 saturated carbocycles. The van der Waals surface area contributed by atoms with E-state index in [1.54, 1.807) is 23.9 Å². The summed E-state index contributed by atoms with van der Waals surface area (Å²) in [5.41, 5.74) is 3.24.